The number of hydrogen-bond donors (Lipinski definition) is 1. The normalized spacial score (nSPS) is 10.7. The summed E-state index contributed by atoms with van der Waals surface area (Å²) in [5, 5.41) is 12.0. The summed E-state index contributed by atoms with van der Waals surface area (Å²) in [6.07, 6.45) is 3.04. The molecule has 0 aliphatic heterocycles. The molecule has 3 aromatic rings. The number of amides is 1. The van der Waals surface area contributed by atoms with E-state index in [-0.39, 0.29) is 5.91 Å². The quantitative estimate of drug-likeness (QED) is 0.545. The lowest BCUT2D eigenvalue weighted by Gasteiger charge is -2.12. The number of rotatable bonds is 8. The average molecular weight is 427 g/mol. The molecule has 30 heavy (non-hydrogen) atoms. The Balaban J connectivity index is 1.70. The van der Waals surface area contributed by atoms with Gasteiger partial charge in [0.15, 0.2) is 11.5 Å². The zero-order chi connectivity index (χ0) is 21.5. The van der Waals surface area contributed by atoms with Crippen molar-refractivity contribution in [3.8, 4) is 33.6 Å². The molecule has 2 aromatic carbocycles. The number of aromatic nitrogens is 2. The Bertz CT molecular complexity index is 1020. The molecule has 0 radical (unpaired) electrons. The molecule has 0 aliphatic rings. The van der Waals surface area contributed by atoms with Crippen LogP contribution in [0.15, 0.2) is 42.5 Å². The molecule has 1 N–H and O–H groups in total. The number of carbonyl (C=O) groups excluding carboxylic acids is 1. The van der Waals surface area contributed by atoms with E-state index in [2.05, 4.69) is 15.5 Å². The summed E-state index contributed by atoms with van der Waals surface area (Å²) in [7, 11) is 6.21. The van der Waals surface area contributed by atoms with Crippen LogP contribution in [-0.2, 0) is 4.79 Å². The van der Waals surface area contributed by atoms with E-state index in [0.717, 1.165) is 16.9 Å². The monoisotopic (exact) mass is 427 g/mol. The molecule has 0 fully saturated rings. The number of nitrogens with one attached hydrogen (secondary N) is 1. The summed E-state index contributed by atoms with van der Waals surface area (Å²) in [5.41, 5.74) is 1.61. The minimum Gasteiger partial charge on any atom is -0.497 e. The highest BCUT2D eigenvalue weighted by molar-refractivity contribution is 7.18. The summed E-state index contributed by atoms with van der Waals surface area (Å²) in [4.78, 5) is 12.3. The third kappa shape index (κ3) is 4.87. The van der Waals surface area contributed by atoms with E-state index in [1.54, 1.807) is 25.3 Å². The molecule has 3 rings (SSSR count). The maximum Gasteiger partial charge on any atom is 0.250 e. The topological polar surface area (TPSA) is 91.8 Å². The summed E-state index contributed by atoms with van der Waals surface area (Å²) < 4.78 is 21.1. The van der Waals surface area contributed by atoms with Gasteiger partial charge in [-0.25, -0.2) is 0 Å². The Hall–Kier alpha value is -3.59. The second kappa shape index (κ2) is 9.75. The molecule has 0 saturated heterocycles. The molecule has 0 spiro atoms. The molecular weight excluding hydrogens is 406 g/mol. The van der Waals surface area contributed by atoms with Gasteiger partial charge in [0.1, 0.15) is 10.8 Å². The Morgan fingerprint density at radius 3 is 2.17 bits per heavy atom. The van der Waals surface area contributed by atoms with Crippen molar-refractivity contribution in [1.82, 2.24) is 10.2 Å². The molecule has 1 heterocycles. The highest BCUT2D eigenvalue weighted by Gasteiger charge is 2.13. The molecule has 0 aliphatic carbocycles. The Morgan fingerprint density at radius 2 is 1.60 bits per heavy atom. The van der Waals surface area contributed by atoms with Crippen molar-refractivity contribution >= 4 is 28.5 Å². The van der Waals surface area contributed by atoms with Gasteiger partial charge in [-0.15, -0.1) is 10.2 Å². The Kier molecular flexibility index (Phi) is 6.87. The number of methoxy groups -OCH3 is 4. The number of hydrogen-bond acceptors (Lipinski definition) is 8. The van der Waals surface area contributed by atoms with Gasteiger partial charge in [-0.3, -0.25) is 10.1 Å². The van der Waals surface area contributed by atoms with Crippen molar-refractivity contribution < 1.29 is 23.7 Å². The van der Waals surface area contributed by atoms with Crippen LogP contribution in [-0.4, -0.2) is 44.5 Å². The first kappa shape index (κ1) is 21.1. The van der Waals surface area contributed by atoms with Gasteiger partial charge < -0.3 is 18.9 Å². The van der Waals surface area contributed by atoms with Gasteiger partial charge in [0.05, 0.1) is 28.4 Å². The molecular formula is C21H21N3O5S. The number of anilines is 1. The smallest absolute Gasteiger partial charge is 0.250 e. The van der Waals surface area contributed by atoms with E-state index in [1.165, 1.54) is 38.7 Å². The number of ether oxygens (including phenoxy) is 4. The zero-order valence-corrected chi connectivity index (χ0v) is 17.8. The molecule has 9 heteroatoms. The van der Waals surface area contributed by atoms with Crippen LogP contribution in [0.2, 0.25) is 0 Å². The highest BCUT2D eigenvalue weighted by Crippen LogP contribution is 2.38. The first-order valence-electron chi connectivity index (χ1n) is 8.85. The maximum atomic E-state index is 12.3. The minimum atomic E-state index is -0.332. The van der Waals surface area contributed by atoms with Gasteiger partial charge in [0.2, 0.25) is 16.8 Å². The number of nitrogens with zero attached hydrogens (tertiary/aromatic N) is 2. The molecule has 8 nitrogen and oxygen atoms in total. The van der Waals surface area contributed by atoms with Gasteiger partial charge in [-0.2, -0.15) is 0 Å². The van der Waals surface area contributed by atoms with Crippen LogP contribution in [0.5, 0.6) is 23.0 Å². The van der Waals surface area contributed by atoms with Gasteiger partial charge in [0, 0.05) is 11.6 Å². The van der Waals surface area contributed by atoms with Crippen molar-refractivity contribution in [2.45, 2.75) is 0 Å². The van der Waals surface area contributed by atoms with E-state index in [9.17, 15) is 4.79 Å². The van der Waals surface area contributed by atoms with E-state index < -0.39 is 0 Å². The van der Waals surface area contributed by atoms with Gasteiger partial charge in [0.25, 0.3) is 0 Å². The molecule has 0 atom stereocenters. The van der Waals surface area contributed by atoms with E-state index in [1.807, 2.05) is 24.3 Å². The molecule has 1 amide bonds. The fourth-order valence-electron chi connectivity index (χ4n) is 2.64. The van der Waals surface area contributed by atoms with Crippen LogP contribution < -0.4 is 24.3 Å². The minimum absolute atomic E-state index is 0.332. The first-order chi connectivity index (χ1) is 14.6. The molecule has 0 unspecified atom stereocenters. The molecule has 0 saturated carbocycles. The van der Waals surface area contributed by atoms with Crippen LogP contribution >= 0.6 is 11.3 Å². The van der Waals surface area contributed by atoms with Gasteiger partial charge in [-0.1, -0.05) is 11.3 Å². The molecule has 156 valence electrons. The summed E-state index contributed by atoms with van der Waals surface area (Å²) in [6, 6.07) is 10.9. The number of carbonyl (C=O) groups is 1. The summed E-state index contributed by atoms with van der Waals surface area (Å²) in [5.74, 6) is 1.92. The third-order valence-electron chi connectivity index (χ3n) is 4.11. The largest absolute Gasteiger partial charge is 0.497 e. The van der Waals surface area contributed by atoms with E-state index >= 15 is 0 Å². The number of benzene rings is 2. The van der Waals surface area contributed by atoms with Crippen molar-refractivity contribution in [2.24, 2.45) is 0 Å². The highest BCUT2D eigenvalue weighted by atomic mass is 32.1. The van der Waals surface area contributed by atoms with Crippen molar-refractivity contribution in [3.05, 3.63) is 48.0 Å². The van der Waals surface area contributed by atoms with Gasteiger partial charge in [-0.05, 0) is 48.0 Å². The fourth-order valence-corrected chi connectivity index (χ4v) is 3.39. The van der Waals surface area contributed by atoms with Crippen molar-refractivity contribution in [1.29, 1.82) is 0 Å². The standard InChI is InChI=1S/C21H21N3O5S/c1-26-15-8-6-14(7-9-15)20-23-24-21(30-20)22-18(25)10-5-13-11-16(27-2)19(29-4)17(12-13)28-3/h5-12H,1-4H3,(H,22,24,25)/b10-5+. The second-order valence-corrected chi connectivity index (χ2v) is 6.90. The average Bonchev–Trinajstić information content (AvgIpc) is 3.25. The zero-order valence-electron chi connectivity index (χ0n) is 17.0. The Labute approximate surface area is 178 Å². The second-order valence-electron chi connectivity index (χ2n) is 5.92. The van der Waals surface area contributed by atoms with Crippen LogP contribution in [0.3, 0.4) is 0 Å². The third-order valence-corrected chi connectivity index (χ3v) is 4.99. The lowest BCUT2D eigenvalue weighted by Crippen LogP contribution is -2.07. The van der Waals surface area contributed by atoms with Crippen molar-refractivity contribution in [3.63, 3.8) is 0 Å². The van der Waals surface area contributed by atoms with Crippen LogP contribution in [0.25, 0.3) is 16.6 Å². The van der Waals surface area contributed by atoms with Gasteiger partial charge >= 0.3 is 0 Å². The predicted molar refractivity (Wildman–Crippen MR) is 116 cm³/mol. The predicted octanol–water partition coefficient (Wildman–Crippen LogP) is 3.89. The maximum absolute atomic E-state index is 12.3. The van der Waals surface area contributed by atoms with E-state index in [4.69, 9.17) is 18.9 Å². The van der Waals surface area contributed by atoms with E-state index in [0.29, 0.717) is 27.4 Å². The lowest BCUT2D eigenvalue weighted by atomic mass is 10.1. The lowest BCUT2D eigenvalue weighted by molar-refractivity contribution is -0.111. The molecule has 0 bridgehead atoms. The fraction of sp³-hybridized carbons (Fsp3) is 0.190. The van der Waals surface area contributed by atoms with Crippen LogP contribution in [0.4, 0.5) is 5.13 Å². The Morgan fingerprint density at radius 1 is 0.933 bits per heavy atom. The summed E-state index contributed by atoms with van der Waals surface area (Å²) >= 11 is 1.28. The summed E-state index contributed by atoms with van der Waals surface area (Å²) in [6.45, 7) is 0. The first-order valence-corrected chi connectivity index (χ1v) is 9.66. The van der Waals surface area contributed by atoms with Crippen LogP contribution in [0.1, 0.15) is 5.56 Å². The molecule has 1 aromatic heterocycles. The van der Waals surface area contributed by atoms with Crippen LogP contribution in [0, 0.1) is 0 Å². The SMILES string of the molecule is COc1ccc(-c2nnc(NC(=O)/C=C/c3cc(OC)c(OC)c(OC)c3)s2)cc1. The van der Waals surface area contributed by atoms with Crippen molar-refractivity contribution in [2.75, 3.05) is 33.8 Å².